The molecule has 2 unspecified atom stereocenters. The summed E-state index contributed by atoms with van der Waals surface area (Å²) >= 11 is 6.21. The highest BCUT2D eigenvalue weighted by Crippen LogP contribution is 2.30. The minimum Gasteiger partial charge on any atom is -0.378 e. The lowest BCUT2D eigenvalue weighted by Gasteiger charge is -2.37. The zero-order chi connectivity index (χ0) is 18.8. The lowest BCUT2D eigenvalue weighted by molar-refractivity contribution is 0.235. The van der Waals surface area contributed by atoms with Crippen molar-refractivity contribution in [2.24, 2.45) is 7.05 Å². The number of likely N-dealkylation sites (tertiary alicyclic amines) is 1. The number of aromatic nitrogens is 2. The van der Waals surface area contributed by atoms with Gasteiger partial charge in [-0.1, -0.05) is 49.7 Å². The van der Waals surface area contributed by atoms with E-state index in [4.69, 9.17) is 11.6 Å². The van der Waals surface area contributed by atoms with Gasteiger partial charge in [-0.05, 0) is 36.4 Å². The number of hydrogen-bond donors (Lipinski definition) is 1. The van der Waals surface area contributed by atoms with Crippen LogP contribution >= 0.6 is 11.6 Å². The second-order valence-electron chi connectivity index (χ2n) is 7.62. The number of aryl methyl sites for hydroxylation is 1. The van der Waals surface area contributed by atoms with E-state index in [-0.39, 0.29) is 16.6 Å². The summed E-state index contributed by atoms with van der Waals surface area (Å²) in [6.07, 6.45) is 2.63. The second kappa shape index (κ2) is 7.80. The van der Waals surface area contributed by atoms with Crippen molar-refractivity contribution in [3.63, 3.8) is 0 Å². The van der Waals surface area contributed by atoms with E-state index in [0.717, 1.165) is 19.5 Å². The van der Waals surface area contributed by atoms with Gasteiger partial charge in [-0.2, -0.15) is 5.10 Å². The Hall–Kier alpha value is -1.85. The van der Waals surface area contributed by atoms with Gasteiger partial charge in [0, 0.05) is 26.2 Å². The van der Waals surface area contributed by atoms with Gasteiger partial charge in [0.25, 0.3) is 5.56 Å². The van der Waals surface area contributed by atoms with Gasteiger partial charge in [-0.3, -0.25) is 4.79 Å². The average Bonchev–Trinajstić information content (AvgIpc) is 2.62. The molecule has 0 saturated carbocycles. The first-order valence-corrected chi connectivity index (χ1v) is 9.49. The number of nitrogens with zero attached hydrogens (tertiary/aromatic N) is 3. The Morgan fingerprint density at radius 2 is 1.88 bits per heavy atom. The lowest BCUT2D eigenvalue weighted by Crippen LogP contribution is -2.43. The van der Waals surface area contributed by atoms with Crippen LogP contribution < -0.4 is 10.9 Å². The molecule has 0 spiro atoms. The maximum atomic E-state index is 12.0. The van der Waals surface area contributed by atoms with Gasteiger partial charge in [-0.15, -0.1) is 0 Å². The number of anilines is 1. The molecule has 1 fully saturated rings. The van der Waals surface area contributed by atoms with Crippen molar-refractivity contribution in [1.29, 1.82) is 0 Å². The van der Waals surface area contributed by atoms with Gasteiger partial charge < -0.3 is 10.2 Å². The van der Waals surface area contributed by atoms with E-state index in [0.29, 0.717) is 17.5 Å². The monoisotopic (exact) mass is 374 g/mol. The van der Waals surface area contributed by atoms with E-state index in [9.17, 15) is 4.79 Å². The molecule has 2 heterocycles. The van der Waals surface area contributed by atoms with Gasteiger partial charge in [0.05, 0.1) is 11.9 Å². The van der Waals surface area contributed by atoms with E-state index in [1.807, 2.05) is 0 Å². The summed E-state index contributed by atoms with van der Waals surface area (Å²) in [5.74, 6) is 0.994. The highest BCUT2D eigenvalue weighted by molar-refractivity contribution is 6.32. The summed E-state index contributed by atoms with van der Waals surface area (Å²) < 4.78 is 1.25. The largest absolute Gasteiger partial charge is 0.378 e. The predicted molar refractivity (Wildman–Crippen MR) is 107 cm³/mol. The highest BCUT2D eigenvalue weighted by atomic mass is 35.5. The molecule has 2 aromatic rings. The van der Waals surface area contributed by atoms with Crippen molar-refractivity contribution in [3.8, 4) is 0 Å². The normalized spacial score (nSPS) is 21.2. The maximum Gasteiger partial charge on any atom is 0.287 e. The molecule has 1 saturated heterocycles. The Kier molecular flexibility index (Phi) is 5.68. The molecule has 3 rings (SSSR count). The average molecular weight is 375 g/mol. The first-order chi connectivity index (χ1) is 12.3. The number of piperidine rings is 1. The molecule has 0 aliphatic carbocycles. The minimum atomic E-state index is -0.276. The molecular weight excluding hydrogens is 348 g/mol. The Labute approximate surface area is 160 Å². The number of halogens is 1. The van der Waals surface area contributed by atoms with Crippen LogP contribution in [0, 0.1) is 0 Å². The minimum absolute atomic E-state index is 0.202. The van der Waals surface area contributed by atoms with Crippen molar-refractivity contribution in [2.75, 3.05) is 25.5 Å². The van der Waals surface area contributed by atoms with Crippen LogP contribution in [0.25, 0.3) is 0 Å². The molecule has 1 aliphatic rings. The molecule has 1 aromatic carbocycles. The standard InChI is InChI=1S/C20H27ClN4O/c1-13(2)14-5-7-15(8-6-14)16-9-17(12-24(3)11-16)23-18-10-22-25(4)20(26)19(18)21/h5-8,10,13,16-17,23H,9,11-12H2,1-4H3. The Morgan fingerprint density at radius 1 is 1.19 bits per heavy atom. The van der Waals surface area contributed by atoms with Crippen LogP contribution in [0.1, 0.15) is 43.2 Å². The number of rotatable bonds is 4. The fraction of sp³-hybridized carbons (Fsp3) is 0.500. The van der Waals surface area contributed by atoms with Crippen molar-refractivity contribution < 1.29 is 0 Å². The molecule has 1 aromatic heterocycles. The number of nitrogens with one attached hydrogen (secondary N) is 1. The van der Waals surface area contributed by atoms with Gasteiger partial charge in [-0.25, -0.2) is 4.68 Å². The number of hydrogen-bond acceptors (Lipinski definition) is 4. The second-order valence-corrected chi connectivity index (χ2v) is 8.00. The molecule has 2 atom stereocenters. The molecular formula is C20H27ClN4O. The third kappa shape index (κ3) is 4.10. The topological polar surface area (TPSA) is 50.2 Å². The number of likely N-dealkylation sites (N-methyl/N-ethyl adjacent to an activating group) is 1. The fourth-order valence-electron chi connectivity index (χ4n) is 3.65. The van der Waals surface area contributed by atoms with Crippen LogP contribution in [0.3, 0.4) is 0 Å². The molecule has 0 amide bonds. The maximum absolute atomic E-state index is 12.0. The van der Waals surface area contributed by atoms with Gasteiger partial charge in [0.1, 0.15) is 5.02 Å². The van der Waals surface area contributed by atoms with Crippen molar-refractivity contribution in [3.05, 3.63) is 57.0 Å². The van der Waals surface area contributed by atoms with Gasteiger partial charge in [0.2, 0.25) is 0 Å². The van der Waals surface area contributed by atoms with E-state index in [2.05, 4.69) is 60.5 Å². The summed E-state index contributed by atoms with van der Waals surface area (Å²) in [6, 6.07) is 9.19. The molecule has 26 heavy (non-hydrogen) atoms. The lowest BCUT2D eigenvalue weighted by atomic mass is 9.87. The van der Waals surface area contributed by atoms with E-state index >= 15 is 0 Å². The SMILES string of the molecule is CC(C)c1ccc(C2CC(Nc3cnn(C)c(=O)c3Cl)CN(C)C2)cc1. The summed E-state index contributed by atoms with van der Waals surface area (Å²) in [6.45, 7) is 6.37. The van der Waals surface area contributed by atoms with Crippen LogP contribution in [-0.2, 0) is 7.05 Å². The fourth-order valence-corrected chi connectivity index (χ4v) is 3.88. The summed E-state index contributed by atoms with van der Waals surface area (Å²) in [5, 5.41) is 7.70. The zero-order valence-electron chi connectivity index (χ0n) is 15.9. The third-order valence-electron chi connectivity index (χ3n) is 5.15. The van der Waals surface area contributed by atoms with Crippen LogP contribution in [0.4, 0.5) is 5.69 Å². The number of benzene rings is 1. The van der Waals surface area contributed by atoms with Crippen LogP contribution in [-0.4, -0.2) is 40.9 Å². The predicted octanol–water partition coefficient (Wildman–Crippen LogP) is 3.46. The van der Waals surface area contributed by atoms with Crippen LogP contribution in [0.15, 0.2) is 35.3 Å². The molecule has 6 heteroatoms. The quantitative estimate of drug-likeness (QED) is 0.890. The molecule has 140 valence electrons. The van der Waals surface area contributed by atoms with Crippen molar-refractivity contribution in [2.45, 2.75) is 38.1 Å². The summed E-state index contributed by atoms with van der Waals surface area (Å²) in [7, 11) is 3.73. The first-order valence-electron chi connectivity index (χ1n) is 9.12. The molecule has 1 N–H and O–H groups in total. The van der Waals surface area contributed by atoms with Crippen molar-refractivity contribution >= 4 is 17.3 Å². The highest BCUT2D eigenvalue weighted by Gasteiger charge is 2.27. The van der Waals surface area contributed by atoms with Crippen LogP contribution in [0.2, 0.25) is 5.02 Å². The Morgan fingerprint density at radius 3 is 2.54 bits per heavy atom. The van der Waals surface area contributed by atoms with Crippen molar-refractivity contribution in [1.82, 2.24) is 14.7 Å². The zero-order valence-corrected chi connectivity index (χ0v) is 16.6. The van der Waals surface area contributed by atoms with Crippen LogP contribution in [0.5, 0.6) is 0 Å². The smallest absolute Gasteiger partial charge is 0.287 e. The van der Waals surface area contributed by atoms with Gasteiger partial charge >= 0.3 is 0 Å². The molecule has 5 nitrogen and oxygen atoms in total. The third-order valence-corrected chi connectivity index (χ3v) is 5.51. The summed E-state index contributed by atoms with van der Waals surface area (Å²) in [5.41, 5.74) is 3.07. The Balaban J connectivity index is 1.76. The molecule has 0 radical (unpaired) electrons. The van der Waals surface area contributed by atoms with Gasteiger partial charge in [0.15, 0.2) is 0 Å². The molecule has 1 aliphatic heterocycles. The van der Waals surface area contributed by atoms with E-state index < -0.39 is 0 Å². The van der Waals surface area contributed by atoms with E-state index in [1.165, 1.54) is 15.8 Å². The van der Waals surface area contributed by atoms with E-state index in [1.54, 1.807) is 13.2 Å². The summed E-state index contributed by atoms with van der Waals surface area (Å²) in [4.78, 5) is 14.3. The Bertz CT molecular complexity index is 816. The molecule has 0 bridgehead atoms. The first kappa shape index (κ1) is 18.9.